The number of hydrogen-bond donors (Lipinski definition) is 2. The molecule has 0 spiro atoms. The van der Waals surface area contributed by atoms with Crippen molar-refractivity contribution < 1.29 is 77.3 Å². The molecule has 12 heteroatoms. The van der Waals surface area contributed by atoms with Crippen LogP contribution < -0.4 is 53.0 Å². The molecule has 0 amide bonds. The van der Waals surface area contributed by atoms with Gasteiger partial charge in [-0.15, -0.1) is 0 Å². The van der Waals surface area contributed by atoms with Crippen LogP contribution in [0, 0.1) is 0 Å². The summed E-state index contributed by atoms with van der Waals surface area (Å²) in [5.74, 6) is -0.0894. The van der Waals surface area contributed by atoms with E-state index < -0.39 is 7.82 Å². The molecule has 4 rings (SSSR count). The van der Waals surface area contributed by atoms with Gasteiger partial charge in [0.2, 0.25) is 0 Å². The fourth-order valence-corrected chi connectivity index (χ4v) is 5.07. The number of aromatic hydroxyl groups is 2. The summed E-state index contributed by atoms with van der Waals surface area (Å²) >= 11 is 0. The van der Waals surface area contributed by atoms with Crippen LogP contribution in [0.3, 0.4) is 0 Å². The number of rotatable bonds is 14. The zero-order valence-corrected chi connectivity index (χ0v) is 27.4. The number of phenolic OH excluding ortho intramolecular Hbond substituents is 2. The average Bonchev–Trinajstić information content (AvgIpc) is 2.99. The Morgan fingerprint density at radius 2 is 1.09 bits per heavy atom. The third-order valence-corrected chi connectivity index (χ3v) is 7.39. The Kier molecular flexibility index (Phi) is 12.5. The zero-order valence-electron chi connectivity index (χ0n) is 24.5. The van der Waals surface area contributed by atoms with E-state index in [0.29, 0.717) is 24.3 Å². The predicted octanol–water partition coefficient (Wildman–Crippen LogP) is 2.68. The number of phenols is 2. The number of benzene rings is 4. The zero-order chi connectivity index (χ0) is 31.0. The second kappa shape index (κ2) is 15.8. The Bertz CT molecular complexity index is 1550. The average molecular weight is 629 g/mol. The SMILES string of the molecule is COc1cc(CCC(=O)c2cccc(OP(=O)([O-])Oc3cccc(C(=O)CCc4ccc(O)c(OC)c4)c3)c2)ccc1O.[Na+]. The minimum absolute atomic E-state index is 0. The molecule has 44 heavy (non-hydrogen) atoms. The van der Waals surface area contributed by atoms with Crippen LogP contribution in [0.4, 0.5) is 0 Å². The normalized spacial score (nSPS) is 10.8. The minimum atomic E-state index is -4.94. The summed E-state index contributed by atoms with van der Waals surface area (Å²) in [6, 6.07) is 21.1. The number of methoxy groups -OCH3 is 2. The van der Waals surface area contributed by atoms with Crippen molar-refractivity contribution in [2.45, 2.75) is 25.7 Å². The first kappa shape index (κ1) is 34.7. The maximum absolute atomic E-state index is 12.8. The van der Waals surface area contributed by atoms with E-state index in [-0.39, 0.29) is 88.1 Å². The second-order valence-corrected chi connectivity index (χ2v) is 10.8. The minimum Gasteiger partial charge on any atom is -0.736 e. The molecule has 0 unspecified atom stereocenters. The topological polar surface area (TPSA) is 152 Å². The summed E-state index contributed by atoms with van der Waals surface area (Å²) in [5.41, 5.74) is 2.08. The maximum Gasteiger partial charge on any atom is 1.00 e. The Hall–Kier alpha value is -3.79. The standard InChI is InChI=1S/C32H31O10P.Na/c1-39-31-17-21(11-15-29(31)35)9-13-27(33)23-5-3-7-25(19-23)41-43(37,38)42-26-8-4-6-24(20-26)28(34)14-10-22-12-16-30(36)32(18-22)40-2;/h3-8,11-12,15-20,35-36H,9-10,13-14H2,1-2H3,(H,37,38);/q;+1/p-1. The molecule has 0 saturated heterocycles. The number of aryl methyl sites for hydroxylation is 2. The molecule has 0 aliphatic carbocycles. The third kappa shape index (κ3) is 9.61. The molecule has 0 heterocycles. The van der Waals surface area contributed by atoms with E-state index in [1.165, 1.54) is 62.8 Å². The van der Waals surface area contributed by atoms with E-state index in [1.54, 1.807) is 36.4 Å². The van der Waals surface area contributed by atoms with Crippen LogP contribution in [0.15, 0.2) is 84.9 Å². The van der Waals surface area contributed by atoms with E-state index in [2.05, 4.69) is 0 Å². The van der Waals surface area contributed by atoms with Gasteiger partial charge in [0.25, 0.3) is 0 Å². The maximum atomic E-state index is 12.8. The van der Waals surface area contributed by atoms with Crippen LogP contribution >= 0.6 is 7.82 Å². The molecule has 10 nitrogen and oxygen atoms in total. The first-order valence-corrected chi connectivity index (χ1v) is 14.7. The Morgan fingerprint density at radius 3 is 1.48 bits per heavy atom. The number of phosphoric ester groups is 1. The van der Waals surface area contributed by atoms with Crippen molar-refractivity contribution >= 4 is 19.4 Å². The summed E-state index contributed by atoms with van der Waals surface area (Å²) in [4.78, 5) is 38.2. The quantitative estimate of drug-likeness (QED) is 0.121. The van der Waals surface area contributed by atoms with E-state index in [9.17, 15) is 29.3 Å². The van der Waals surface area contributed by atoms with Gasteiger partial charge in [-0.1, -0.05) is 36.4 Å². The molecule has 0 bridgehead atoms. The molecular formula is C32H30NaO10P. The summed E-state index contributed by atoms with van der Waals surface area (Å²) in [6.45, 7) is 0. The molecule has 0 radical (unpaired) electrons. The molecule has 0 aliphatic rings. The van der Waals surface area contributed by atoms with Gasteiger partial charge in [-0.05, 0) is 72.5 Å². The van der Waals surface area contributed by atoms with Crippen molar-refractivity contribution in [2.75, 3.05) is 14.2 Å². The molecular weight excluding hydrogens is 598 g/mol. The predicted molar refractivity (Wildman–Crippen MR) is 156 cm³/mol. The molecule has 4 aromatic rings. The smallest absolute Gasteiger partial charge is 0.736 e. The van der Waals surface area contributed by atoms with E-state index in [0.717, 1.165) is 11.1 Å². The molecule has 224 valence electrons. The number of carbonyl (C=O) groups excluding carboxylic acids is 2. The van der Waals surface area contributed by atoms with Gasteiger partial charge in [-0.25, -0.2) is 4.57 Å². The summed E-state index contributed by atoms with van der Waals surface area (Å²) in [5, 5.41) is 19.5. The number of carbonyl (C=O) groups is 2. The number of ether oxygens (including phenoxy) is 2. The van der Waals surface area contributed by atoms with Gasteiger partial charge in [0.05, 0.1) is 14.2 Å². The number of ketones is 2. The van der Waals surface area contributed by atoms with Crippen molar-refractivity contribution in [1.82, 2.24) is 0 Å². The Morgan fingerprint density at radius 1 is 0.682 bits per heavy atom. The van der Waals surface area contributed by atoms with Gasteiger partial charge in [-0.2, -0.15) is 0 Å². The van der Waals surface area contributed by atoms with Gasteiger partial charge >= 0.3 is 37.4 Å². The van der Waals surface area contributed by atoms with Gasteiger partial charge in [-0.3, -0.25) is 9.59 Å². The monoisotopic (exact) mass is 628 g/mol. The van der Waals surface area contributed by atoms with Crippen LogP contribution in [0.25, 0.3) is 0 Å². The van der Waals surface area contributed by atoms with Gasteiger partial charge < -0.3 is 33.6 Å². The fraction of sp³-hybridized carbons (Fsp3) is 0.188. The number of phosphoric acid groups is 1. The summed E-state index contributed by atoms with van der Waals surface area (Å²) < 4.78 is 33.1. The molecule has 0 aromatic heterocycles. The molecule has 0 fully saturated rings. The molecule has 0 atom stereocenters. The number of Topliss-reactive ketones (excluding diaryl/α,β-unsaturated/α-hetero) is 2. The first-order valence-electron chi connectivity index (χ1n) is 13.3. The molecule has 0 saturated carbocycles. The van der Waals surface area contributed by atoms with Crippen molar-refractivity contribution in [2.24, 2.45) is 0 Å². The summed E-state index contributed by atoms with van der Waals surface area (Å²) in [6.07, 6.45) is 1.01. The van der Waals surface area contributed by atoms with Gasteiger partial charge in [0, 0.05) is 24.0 Å². The summed E-state index contributed by atoms with van der Waals surface area (Å²) in [7, 11) is -2.07. The van der Waals surface area contributed by atoms with Crippen LogP contribution in [0.2, 0.25) is 0 Å². The van der Waals surface area contributed by atoms with Crippen molar-refractivity contribution in [3.8, 4) is 34.5 Å². The van der Waals surface area contributed by atoms with E-state index in [1.807, 2.05) is 0 Å². The van der Waals surface area contributed by atoms with Crippen molar-refractivity contribution in [3.05, 3.63) is 107 Å². The van der Waals surface area contributed by atoms with Crippen molar-refractivity contribution in [1.29, 1.82) is 0 Å². The van der Waals surface area contributed by atoms with E-state index in [4.69, 9.17) is 18.5 Å². The van der Waals surface area contributed by atoms with Crippen LogP contribution in [-0.2, 0) is 17.4 Å². The van der Waals surface area contributed by atoms with Crippen LogP contribution in [0.1, 0.15) is 44.7 Å². The molecule has 0 aliphatic heterocycles. The molecule has 4 aromatic carbocycles. The largest absolute Gasteiger partial charge is 1.00 e. The molecule has 2 N–H and O–H groups in total. The van der Waals surface area contributed by atoms with E-state index >= 15 is 0 Å². The third-order valence-electron chi connectivity index (χ3n) is 6.52. The van der Waals surface area contributed by atoms with Gasteiger partial charge in [0.15, 0.2) is 34.6 Å². The van der Waals surface area contributed by atoms with Gasteiger partial charge in [0.1, 0.15) is 11.5 Å². The Labute approximate surface area is 277 Å². The van der Waals surface area contributed by atoms with Crippen LogP contribution in [0.5, 0.6) is 34.5 Å². The first-order chi connectivity index (χ1) is 20.6. The van der Waals surface area contributed by atoms with Crippen LogP contribution in [-0.4, -0.2) is 36.0 Å². The number of hydrogen-bond acceptors (Lipinski definition) is 10. The van der Waals surface area contributed by atoms with Crippen molar-refractivity contribution in [3.63, 3.8) is 0 Å². The Balaban J connectivity index is 0.00000529. The second-order valence-electron chi connectivity index (χ2n) is 9.54. The fourth-order valence-electron chi connectivity index (χ4n) is 4.29.